The van der Waals surface area contributed by atoms with E-state index in [2.05, 4.69) is 4.98 Å². The van der Waals surface area contributed by atoms with E-state index in [4.69, 9.17) is 35.0 Å². The number of imide groups is 1. The van der Waals surface area contributed by atoms with E-state index in [1.807, 2.05) is 13.8 Å². The molecule has 0 saturated heterocycles. The summed E-state index contributed by atoms with van der Waals surface area (Å²) in [6.45, 7) is 14.5. The highest BCUT2D eigenvalue weighted by Crippen LogP contribution is 2.55. The van der Waals surface area contributed by atoms with Gasteiger partial charge in [-0.3, -0.25) is 4.98 Å². The van der Waals surface area contributed by atoms with Crippen LogP contribution in [0.3, 0.4) is 0 Å². The van der Waals surface area contributed by atoms with Gasteiger partial charge in [-0.15, -0.1) is 16.7 Å². The first kappa shape index (κ1) is 30.0. The molecule has 226 valence electrons. The first-order valence-electron chi connectivity index (χ1n) is 14.0. The lowest BCUT2D eigenvalue weighted by Gasteiger charge is -2.27. The van der Waals surface area contributed by atoms with Gasteiger partial charge < -0.3 is 19.9 Å². The molecular weight excluding hydrogens is 558 g/mol. The number of nitrogens with zero attached hydrogens (tertiary/aromatic N) is 6. The minimum Gasteiger partial charge on any atom is -0.496 e. The molecule has 5 rings (SSSR count). The second kappa shape index (κ2) is 10.4. The molecule has 1 spiro atoms. The molecule has 1 aliphatic carbocycles. The van der Waals surface area contributed by atoms with Gasteiger partial charge in [0.15, 0.2) is 5.65 Å². The molecule has 1 aliphatic heterocycles. The van der Waals surface area contributed by atoms with Crippen LogP contribution in [0.25, 0.3) is 11.0 Å². The third kappa shape index (κ3) is 5.51. The molecule has 0 bridgehead atoms. The van der Waals surface area contributed by atoms with E-state index in [1.54, 1.807) is 59.5 Å². The van der Waals surface area contributed by atoms with Crippen LogP contribution in [-0.4, -0.2) is 67.0 Å². The van der Waals surface area contributed by atoms with Crippen LogP contribution >= 0.6 is 11.8 Å². The maximum absolute atomic E-state index is 13.4. The zero-order valence-corrected chi connectivity index (χ0v) is 26.5. The van der Waals surface area contributed by atoms with E-state index in [9.17, 15) is 9.59 Å². The summed E-state index contributed by atoms with van der Waals surface area (Å²) in [6, 6.07) is -0.140. The molecule has 12 nitrogen and oxygen atoms in total. The Bertz CT molecular complexity index is 1540. The summed E-state index contributed by atoms with van der Waals surface area (Å²) < 4.78 is 18.6. The van der Waals surface area contributed by atoms with Gasteiger partial charge in [-0.05, 0) is 68.2 Å². The van der Waals surface area contributed by atoms with Crippen molar-refractivity contribution in [1.29, 1.82) is 0 Å². The van der Waals surface area contributed by atoms with Crippen LogP contribution in [0, 0.1) is 13.8 Å². The number of carbonyl (C=O) groups is 2. The Kier molecular flexibility index (Phi) is 7.41. The quantitative estimate of drug-likeness (QED) is 0.404. The molecule has 2 N–H and O–H groups in total. The second-order valence-corrected chi connectivity index (χ2v) is 14.0. The molecule has 3 aromatic rings. The van der Waals surface area contributed by atoms with Crippen molar-refractivity contribution in [2.45, 2.75) is 102 Å². The van der Waals surface area contributed by atoms with Crippen LogP contribution in [-0.2, 0) is 21.4 Å². The molecule has 2 amide bonds. The number of amides is 2. The van der Waals surface area contributed by atoms with Crippen molar-refractivity contribution < 1.29 is 23.8 Å². The number of pyridine rings is 1. The van der Waals surface area contributed by atoms with Crippen LogP contribution < -0.4 is 15.4 Å². The van der Waals surface area contributed by atoms with Gasteiger partial charge >= 0.3 is 12.2 Å². The minimum absolute atomic E-state index is 0.140. The molecule has 42 heavy (non-hydrogen) atoms. The smallest absolute Gasteiger partial charge is 0.427 e. The summed E-state index contributed by atoms with van der Waals surface area (Å²) in [5.41, 5.74) is 8.55. The molecule has 4 heterocycles. The topological polar surface area (TPSA) is 148 Å². The molecule has 13 heteroatoms. The Morgan fingerprint density at radius 1 is 1.10 bits per heavy atom. The highest BCUT2D eigenvalue weighted by molar-refractivity contribution is 7.99. The van der Waals surface area contributed by atoms with Gasteiger partial charge in [-0.2, -0.15) is 10.1 Å². The number of aromatic nitrogens is 5. The monoisotopic (exact) mass is 597 g/mol. The van der Waals surface area contributed by atoms with Gasteiger partial charge in [-0.25, -0.2) is 19.3 Å². The second-order valence-electron chi connectivity index (χ2n) is 12.9. The van der Waals surface area contributed by atoms with E-state index in [0.717, 1.165) is 51.4 Å². The van der Waals surface area contributed by atoms with E-state index >= 15 is 0 Å². The molecular formula is C29H39N7O5S. The molecule has 0 aromatic carbocycles. The lowest BCUT2D eigenvalue weighted by molar-refractivity contribution is 0.0427. The van der Waals surface area contributed by atoms with Crippen LogP contribution in [0.4, 0.5) is 15.5 Å². The number of aryl methyl sites for hydroxylation is 1. The number of nitrogens with two attached hydrogens (primary N) is 1. The fourth-order valence-electron chi connectivity index (χ4n) is 5.16. The molecule has 0 radical (unpaired) electrons. The average molecular weight is 598 g/mol. The standard InChI is InChI=1S/C29H39N7O5S/c1-15-12-31-17(16(2)20(15)39-9)13-35-22-19-21(34-35)29(10-11-29)18(30)14-42-23(19)33-24(32-22)36(25(37)40-27(3,4)5)26(38)41-28(6,7)8/h12,18H,10-11,13-14,30H2,1-9H3. The SMILES string of the molecule is COc1c(C)cnc(Cn2nc3c4c(nc(N(C(=O)OC(C)(C)C)C(=O)OC(C)(C)C)nc42)SCC(N)C32CC2)c1C. The Hall–Kier alpha value is -3.45. The van der Waals surface area contributed by atoms with Crippen LogP contribution in [0.1, 0.15) is 76.9 Å². The Morgan fingerprint density at radius 3 is 2.26 bits per heavy atom. The van der Waals surface area contributed by atoms with Gasteiger partial charge in [0.25, 0.3) is 0 Å². The average Bonchev–Trinajstić information content (AvgIpc) is 3.60. The zero-order chi connectivity index (χ0) is 30.8. The molecule has 3 aromatic heterocycles. The predicted octanol–water partition coefficient (Wildman–Crippen LogP) is 5.04. The van der Waals surface area contributed by atoms with Crippen molar-refractivity contribution in [3.63, 3.8) is 0 Å². The lowest BCUT2D eigenvalue weighted by Crippen LogP contribution is -2.44. The van der Waals surface area contributed by atoms with Crippen molar-refractivity contribution >= 4 is 40.9 Å². The Labute approximate surface area is 249 Å². The zero-order valence-electron chi connectivity index (χ0n) is 25.7. The molecule has 2 aliphatic rings. The van der Waals surface area contributed by atoms with Gasteiger partial charge in [-0.1, -0.05) is 0 Å². The van der Waals surface area contributed by atoms with Crippen LogP contribution in [0.15, 0.2) is 11.2 Å². The van der Waals surface area contributed by atoms with Crippen molar-refractivity contribution in [3.8, 4) is 5.75 Å². The summed E-state index contributed by atoms with van der Waals surface area (Å²) >= 11 is 1.47. The predicted molar refractivity (Wildman–Crippen MR) is 159 cm³/mol. The highest BCUT2D eigenvalue weighted by Gasteiger charge is 2.54. The number of fused-ring (bicyclic) bond motifs is 1. The van der Waals surface area contributed by atoms with Crippen LogP contribution in [0.2, 0.25) is 0 Å². The van der Waals surface area contributed by atoms with Gasteiger partial charge in [0.1, 0.15) is 22.0 Å². The fourth-order valence-corrected chi connectivity index (χ4v) is 6.30. The van der Waals surface area contributed by atoms with Crippen molar-refractivity contribution in [3.05, 3.63) is 28.7 Å². The number of hydrogen-bond acceptors (Lipinski definition) is 11. The van der Waals surface area contributed by atoms with E-state index in [-0.39, 0.29) is 23.9 Å². The van der Waals surface area contributed by atoms with Crippen molar-refractivity contribution in [2.75, 3.05) is 17.8 Å². The summed E-state index contributed by atoms with van der Waals surface area (Å²) in [7, 11) is 1.63. The summed E-state index contributed by atoms with van der Waals surface area (Å²) in [4.78, 5) is 41.8. The number of ether oxygens (including phenoxy) is 3. The molecule has 1 fully saturated rings. The lowest BCUT2D eigenvalue weighted by atomic mass is 9.93. The van der Waals surface area contributed by atoms with E-state index < -0.39 is 23.4 Å². The maximum Gasteiger partial charge on any atom is 0.427 e. The number of thioether (sulfide) groups is 1. The Morgan fingerprint density at radius 2 is 1.71 bits per heavy atom. The minimum atomic E-state index is -0.940. The number of carbonyl (C=O) groups excluding carboxylic acids is 2. The number of hydrogen-bond donors (Lipinski definition) is 1. The maximum atomic E-state index is 13.4. The van der Waals surface area contributed by atoms with Gasteiger partial charge in [0.05, 0.1) is 30.4 Å². The van der Waals surface area contributed by atoms with Crippen molar-refractivity contribution in [1.82, 2.24) is 24.7 Å². The van der Waals surface area contributed by atoms with Crippen molar-refractivity contribution in [2.24, 2.45) is 5.73 Å². The van der Waals surface area contributed by atoms with Crippen LogP contribution in [0.5, 0.6) is 5.75 Å². The Balaban J connectivity index is 1.71. The highest BCUT2D eigenvalue weighted by atomic mass is 32.2. The normalized spacial score (nSPS) is 17.6. The number of rotatable bonds is 4. The summed E-state index contributed by atoms with van der Waals surface area (Å²) in [6.07, 6.45) is 1.72. The fraction of sp³-hybridized carbons (Fsp3) is 0.586. The first-order valence-corrected chi connectivity index (χ1v) is 15.0. The number of anilines is 1. The number of methoxy groups -OCH3 is 1. The third-order valence-corrected chi connectivity index (χ3v) is 8.41. The summed E-state index contributed by atoms with van der Waals surface area (Å²) in [5.74, 6) is 1.20. The molecule has 1 atom stereocenters. The van der Waals surface area contributed by atoms with E-state index in [0.29, 0.717) is 16.4 Å². The van der Waals surface area contributed by atoms with Gasteiger partial charge in [0.2, 0.25) is 5.95 Å². The van der Waals surface area contributed by atoms with E-state index in [1.165, 1.54) is 11.8 Å². The first-order chi connectivity index (χ1) is 19.5. The molecule has 1 unspecified atom stereocenters. The third-order valence-electron chi connectivity index (χ3n) is 7.32. The van der Waals surface area contributed by atoms with Gasteiger partial charge in [0, 0.05) is 34.5 Å². The molecule has 1 saturated carbocycles. The largest absolute Gasteiger partial charge is 0.496 e. The summed E-state index contributed by atoms with van der Waals surface area (Å²) in [5, 5.41) is 6.43.